The van der Waals surface area contributed by atoms with Crippen LogP contribution in [0.15, 0.2) is 24.3 Å². The maximum atomic E-state index is 12.2. The fraction of sp³-hybridized carbons (Fsp3) is 0.538. The zero-order valence-electron chi connectivity index (χ0n) is 10.4. The molecule has 0 spiro atoms. The van der Waals surface area contributed by atoms with Gasteiger partial charge in [-0.15, -0.1) is 0 Å². The molecule has 1 aromatic carbocycles. The lowest BCUT2D eigenvalue weighted by Gasteiger charge is -2.22. The molecule has 2 atom stereocenters. The van der Waals surface area contributed by atoms with E-state index in [1.165, 1.54) is 0 Å². The summed E-state index contributed by atoms with van der Waals surface area (Å²) in [5.41, 5.74) is 0.681. The summed E-state index contributed by atoms with van der Waals surface area (Å²) < 4.78 is 12.2. The van der Waals surface area contributed by atoms with E-state index >= 15 is 0 Å². The molecule has 96 valence electrons. The standard InChI is InChI=1S/C13H20ClO2P/c1-3-5-6-13(17(15,16)4-2)11-7-9-12(14)10-8-11/h7-10,13H,3-6H2,1-2H3,(H,15,16). The quantitative estimate of drug-likeness (QED) is 0.752. The van der Waals surface area contributed by atoms with Gasteiger partial charge < -0.3 is 4.89 Å². The van der Waals surface area contributed by atoms with Gasteiger partial charge in [0.25, 0.3) is 0 Å². The summed E-state index contributed by atoms with van der Waals surface area (Å²) in [5, 5.41) is 0.660. The molecule has 4 heteroatoms. The minimum Gasteiger partial charge on any atom is -0.344 e. The van der Waals surface area contributed by atoms with Crippen molar-refractivity contribution in [1.82, 2.24) is 0 Å². The molecule has 2 unspecified atom stereocenters. The molecular weight excluding hydrogens is 255 g/mol. The highest BCUT2D eigenvalue weighted by molar-refractivity contribution is 7.58. The van der Waals surface area contributed by atoms with Crippen molar-refractivity contribution in [2.24, 2.45) is 0 Å². The fourth-order valence-corrected chi connectivity index (χ4v) is 3.69. The second-order valence-electron chi connectivity index (χ2n) is 4.28. The number of unbranched alkanes of at least 4 members (excludes halogenated alkanes) is 1. The maximum Gasteiger partial charge on any atom is 0.207 e. The van der Waals surface area contributed by atoms with Crippen molar-refractivity contribution in [2.45, 2.75) is 38.8 Å². The average Bonchev–Trinajstić information content (AvgIpc) is 2.31. The van der Waals surface area contributed by atoms with Crippen LogP contribution in [0.2, 0.25) is 5.02 Å². The molecular formula is C13H20ClO2P. The largest absolute Gasteiger partial charge is 0.344 e. The van der Waals surface area contributed by atoms with Crippen molar-refractivity contribution in [2.75, 3.05) is 6.16 Å². The molecule has 0 heterocycles. The van der Waals surface area contributed by atoms with E-state index in [0.717, 1.165) is 24.8 Å². The van der Waals surface area contributed by atoms with Gasteiger partial charge in [-0.1, -0.05) is 50.4 Å². The second-order valence-corrected chi connectivity index (χ2v) is 7.48. The van der Waals surface area contributed by atoms with Gasteiger partial charge in [0.05, 0.1) is 5.66 Å². The van der Waals surface area contributed by atoms with Crippen LogP contribution in [0.5, 0.6) is 0 Å². The third-order valence-electron chi connectivity index (χ3n) is 3.03. The summed E-state index contributed by atoms with van der Waals surface area (Å²) >= 11 is 5.84. The Kier molecular flexibility index (Phi) is 5.72. The summed E-state index contributed by atoms with van der Waals surface area (Å²) in [5.74, 6) is 0. The lowest BCUT2D eigenvalue weighted by molar-refractivity contribution is 0.458. The first kappa shape index (κ1) is 14.8. The Morgan fingerprint density at radius 2 is 1.88 bits per heavy atom. The van der Waals surface area contributed by atoms with Gasteiger partial charge in [0, 0.05) is 11.2 Å². The molecule has 2 nitrogen and oxygen atoms in total. The number of benzene rings is 1. The molecule has 0 fully saturated rings. The molecule has 1 rings (SSSR count). The van der Waals surface area contributed by atoms with Crippen LogP contribution in [0, 0.1) is 0 Å². The Morgan fingerprint density at radius 3 is 2.35 bits per heavy atom. The van der Waals surface area contributed by atoms with Gasteiger partial charge in [0.15, 0.2) is 0 Å². The SMILES string of the molecule is CCCCC(c1ccc(Cl)cc1)P(=O)(O)CC. The van der Waals surface area contributed by atoms with E-state index < -0.39 is 7.37 Å². The van der Waals surface area contributed by atoms with Crippen molar-refractivity contribution in [3.05, 3.63) is 34.9 Å². The lowest BCUT2D eigenvalue weighted by atomic mass is 10.1. The zero-order valence-corrected chi connectivity index (χ0v) is 12.0. The van der Waals surface area contributed by atoms with Crippen molar-refractivity contribution in [3.63, 3.8) is 0 Å². The minimum absolute atomic E-state index is 0.246. The summed E-state index contributed by atoms with van der Waals surface area (Å²) in [6.07, 6.45) is 3.09. The van der Waals surface area contributed by atoms with Crippen LogP contribution >= 0.6 is 19.0 Å². The topological polar surface area (TPSA) is 37.3 Å². The van der Waals surface area contributed by atoms with Gasteiger partial charge in [-0.3, -0.25) is 4.57 Å². The first-order chi connectivity index (χ1) is 8.01. The van der Waals surface area contributed by atoms with Gasteiger partial charge in [-0.2, -0.15) is 0 Å². The summed E-state index contributed by atoms with van der Waals surface area (Å²) in [4.78, 5) is 10.1. The highest BCUT2D eigenvalue weighted by Gasteiger charge is 2.29. The van der Waals surface area contributed by atoms with E-state index in [4.69, 9.17) is 11.6 Å². The van der Waals surface area contributed by atoms with Crippen LogP contribution < -0.4 is 0 Å². The summed E-state index contributed by atoms with van der Waals surface area (Å²) in [7, 11) is -3.09. The van der Waals surface area contributed by atoms with Crippen LogP contribution in [0.3, 0.4) is 0 Å². The van der Waals surface area contributed by atoms with E-state index in [9.17, 15) is 9.46 Å². The first-order valence-corrected chi connectivity index (χ1v) is 8.37. The molecule has 0 radical (unpaired) electrons. The van der Waals surface area contributed by atoms with E-state index in [1.807, 2.05) is 12.1 Å². The Hall–Kier alpha value is -0.300. The molecule has 0 aliphatic heterocycles. The smallest absolute Gasteiger partial charge is 0.207 e. The highest BCUT2D eigenvalue weighted by atomic mass is 35.5. The molecule has 0 saturated heterocycles. The van der Waals surface area contributed by atoms with Gasteiger partial charge in [-0.25, -0.2) is 0 Å². The van der Waals surface area contributed by atoms with Crippen molar-refractivity contribution in [3.8, 4) is 0 Å². The highest BCUT2D eigenvalue weighted by Crippen LogP contribution is 2.57. The Balaban J connectivity index is 2.97. The van der Waals surface area contributed by atoms with Gasteiger partial charge in [0.1, 0.15) is 0 Å². The monoisotopic (exact) mass is 274 g/mol. The summed E-state index contributed by atoms with van der Waals surface area (Å²) in [6.45, 7) is 3.86. The van der Waals surface area contributed by atoms with Crippen molar-refractivity contribution in [1.29, 1.82) is 0 Å². The van der Waals surface area contributed by atoms with E-state index in [1.54, 1.807) is 19.1 Å². The Morgan fingerprint density at radius 1 is 1.29 bits per heavy atom. The van der Waals surface area contributed by atoms with Crippen molar-refractivity contribution >= 4 is 19.0 Å². The van der Waals surface area contributed by atoms with Gasteiger partial charge in [0.2, 0.25) is 7.37 Å². The fourth-order valence-electron chi connectivity index (χ4n) is 1.90. The van der Waals surface area contributed by atoms with Crippen LogP contribution in [-0.4, -0.2) is 11.1 Å². The Labute approximate surface area is 108 Å². The third-order valence-corrected chi connectivity index (χ3v) is 5.71. The first-order valence-electron chi connectivity index (χ1n) is 6.08. The number of hydrogen-bond donors (Lipinski definition) is 1. The Bertz CT molecular complexity index is 389. The number of halogens is 1. The minimum atomic E-state index is -3.09. The summed E-state index contributed by atoms with van der Waals surface area (Å²) in [6, 6.07) is 7.29. The molecule has 1 aromatic rings. The average molecular weight is 275 g/mol. The molecule has 17 heavy (non-hydrogen) atoms. The van der Waals surface area contributed by atoms with Crippen LogP contribution in [0.4, 0.5) is 0 Å². The maximum absolute atomic E-state index is 12.2. The predicted octanol–water partition coefficient (Wildman–Crippen LogP) is 4.86. The molecule has 0 bridgehead atoms. The van der Waals surface area contributed by atoms with Crippen LogP contribution in [0.1, 0.15) is 44.3 Å². The number of hydrogen-bond acceptors (Lipinski definition) is 1. The molecule has 1 N–H and O–H groups in total. The molecule has 0 aliphatic rings. The van der Waals surface area contributed by atoms with E-state index in [-0.39, 0.29) is 5.66 Å². The molecule has 0 saturated carbocycles. The lowest BCUT2D eigenvalue weighted by Crippen LogP contribution is -2.02. The van der Waals surface area contributed by atoms with Gasteiger partial charge >= 0.3 is 0 Å². The van der Waals surface area contributed by atoms with Crippen LogP contribution in [0.25, 0.3) is 0 Å². The second kappa shape index (κ2) is 6.58. The number of rotatable bonds is 6. The van der Waals surface area contributed by atoms with Gasteiger partial charge in [-0.05, 0) is 24.1 Å². The van der Waals surface area contributed by atoms with Crippen LogP contribution in [-0.2, 0) is 4.57 Å². The zero-order chi connectivity index (χ0) is 12.9. The molecule has 0 amide bonds. The van der Waals surface area contributed by atoms with E-state index in [0.29, 0.717) is 11.2 Å². The third kappa shape index (κ3) is 4.13. The normalized spacial score (nSPS) is 16.5. The van der Waals surface area contributed by atoms with Crippen molar-refractivity contribution < 1.29 is 9.46 Å². The van der Waals surface area contributed by atoms with E-state index in [2.05, 4.69) is 6.92 Å². The molecule has 0 aromatic heterocycles. The molecule has 0 aliphatic carbocycles. The predicted molar refractivity (Wildman–Crippen MR) is 74.1 cm³/mol.